The number of anilines is 1. The molecule has 0 aliphatic heterocycles. The van der Waals surface area contributed by atoms with Crippen molar-refractivity contribution < 1.29 is 14.0 Å². The van der Waals surface area contributed by atoms with Gasteiger partial charge in [0.1, 0.15) is 5.82 Å². The minimum absolute atomic E-state index is 0.272. The summed E-state index contributed by atoms with van der Waals surface area (Å²) < 4.78 is 13.0. The number of amides is 2. The maximum absolute atomic E-state index is 13.0. The van der Waals surface area contributed by atoms with E-state index in [1.807, 2.05) is 12.1 Å². The number of hydrogen-bond donors (Lipinski definition) is 2. The molecule has 0 bridgehead atoms. The first-order valence-electron chi connectivity index (χ1n) is 8.17. The highest BCUT2D eigenvalue weighted by atomic mass is 32.1. The van der Waals surface area contributed by atoms with E-state index in [0.29, 0.717) is 16.8 Å². The molecule has 1 aromatic heterocycles. The van der Waals surface area contributed by atoms with Crippen LogP contribution in [-0.4, -0.2) is 11.8 Å². The van der Waals surface area contributed by atoms with Gasteiger partial charge in [-0.1, -0.05) is 12.1 Å². The van der Waals surface area contributed by atoms with E-state index in [1.54, 1.807) is 43.3 Å². The van der Waals surface area contributed by atoms with E-state index >= 15 is 0 Å². The van der Waals surface area contributed by atoms with Gasteiger partial charge in [0, 0.05) is 27.1 Å². The van der Waals surface area contributed by atoms with Crippen molar-refractivity contribution in [2.24, 2.45) is 5.73 Å². The Morgan fingerprint density at radius 3 is 2.48 bits per heavy atom. The first kappa shape index (κ1) is 18.5. The van der Waals surface area contributed by atoms with Crippen LogP contribution in [0.2, 0.25) is 0 Å². The van der Waals surface area contributed by atoms with Crippen LogP contribution in [0.1, 0.15) is 20.8 Å². The van der Waals surface area contributed by atoms with Gasteiger partial charge in [-0.05, 0) is 66.6 Å². The molecule has 0 unspecified atom stereocenters. The summed E-state index contributed by atoms with van der Waals surface area (Å²) >= 11 is 1.51. The fourth-order valence-electron chi connectivity index (χ4n) is 2.57. The van der Waals surface area contributed by atoms with Crippen molar-refractivity contribution in [1.82, 2.24) is 0 Å². The minimum atomic E-state index is -0.500. The zero-order chi connectivity index (χ0) is 19.4. The molecule has 3 rings (SSSR count). The van der Waals surface area contributed by atoms with Crippen LogP contribution in [-0.2, 0) is 4.79 Å². The second-order valence-electron chi connectivity index (χ2n) is 5.93. The Labute approximate surface area is 160 Å². The molecule has 2 aromatic carbocycles. The quantitative estimate of drug-likeness (QED) is 0.634. The second kappa shape index (κ2) is 7.97. The number of halogens is 1. The van der Waals surface area contributed by atoms with E-state index in [-0.39, 0.29) is 11.7 Å². The molecule has 6 heteroatoms. The number of carbonyl (C=O) groups excluding carboxylic acids is 2. The Bertz CT molecular complexity index is 1020. The summed E-state index contributed by atoms with van der Waals surface area (Å²) in [6, 6.07) is 15.0. The van der Waals surface area contributed by atoms with Crippen LogP contribution < -0.4 is 11.1 Å². The predicted molar refractivity (Wildman–Crippen MR) is 107 cm³/mol. The summed E-state index contributed by atoms with van der Waals surface area (Å²) in [6.45, 7) is 1.76. The predicted octanol–water partition coefficient (Wildman–Crippen LogP) is 4.61. The highest BCUT2D eigenvalue weighted by Crippen LogP contribution is 2.29. The summed E-state index contributed by atoms with van der Waals surface area (Å²) in [5, 5.41) is 2.75. The van der Waals surface area contributed by atoms with Gasteiger partial charge in [-0.15, -0.1) is 11.3 Å². The number of aryl methyl sites for hydroxylation is 1. The molecule has 2 amide bonds. The maximum Gasteiger partial charge on any atom is 0.248 e. The van der Waals surface area contributed by atoms with Crippen LogP contribution in [0.4, 0.5) is 10.1 Å². The number of primary amides is 1. The molecule has 3 N–H and O–H groups in total. The zero-order valence-corrected chi connectivity index (χ0v) is 15.3. The van der Waals surface area contributed by atoms with Gasteiger partial charge < -0.3 is 11.1 Å². The largest absolute Gasteiger partial charge is 0.366 e. The van der Waals surface area contributed by atoms with Gasteiger partial charge >= 0.3 is 0 Å². The first-order valence-corrected chi connectivity index (χ1v) is 8.99. The Hall–Kier alpha value is -3.25. The summed E-state index contributed by atoms with van der Waals surface area (Å²) in [4.78, 5) is 25.2. The third kappa shape index (κ3) is 4.68. The molecule has 0 fully saturated rings. The average molecular weight is 380 g/mol. The van der Waals surface area contributed by atoms with Gasteiger partial charge in [0.15, 0.2) is 0 Å². The summed E-state index contributed by atoms with van der Waals surface area (Å²) in [5.41, 5.74) is 7.92. The van der Waals surface area contributed by atoms with Crippen LogP contribution in [0.25, 0.3) is 16.5 Å². The first-order chi connectivity index (χ1) is 12.9. The van der Waals surface area contributed by atoms with E-state index in [1.165, 1.54) is 29.5 Å². The summed E-state index contributed by atoms with van der Waals surface area (Å²) in [6.07, 6.45) is 3.16. The number of nitrogens with one attached hydrogen (secondary N) is 1. The lowest BCUT2D eigenvalue weighted by Gasteiger charge is -2.06. The van der Waals surface area contributed by atoms with Gasteiger partial charge in [0.25, 0.3) is 0 Å². The van der Waals surface area contributed by atoms with Crippen molar-refractivity contribution in [3.05, 3.63) is 82.5 Å². The average Bonchev–Trinajstić information content (AvgIpc) is 3.09. The molecule has 0 atom stereocenters. The lowest BCUT2D eigenvalue weighted by molar-refractivity contribution is -0.111. The molecule has 27 heavy (non-hydrogen) atoms. The summed E-state index contributed by atoms with van der Waals surface area (Å²) in [5.74, 6) is -1.05. The number of carbonyl (C=O) groups is 2. The molecular weight excluding hydrogens is 363 g/mol. The highest BCUT2D eigenvalue weighted by Gasteiger charge is 2.07. The minimum Gasteiger partial charge on any atom is -0.366 e. The fraction of sp³-hybridized carbons (Fsp3) is 0.0476. The van der Waals surface area contributed by atoms with Crippen molar-refractivity contribution in [2.45, 2.75) is 6.92 Å². The van der Waals surface area contributed by atoms with Crippen molar-refractivity contribution >= 4 is 34.9 Å². The van der Waals surface area contributed by atoms with E-state index in [4.69, 9.17) is 5.73 Å². The van der Waals surface area contributed by atoms with Gasteiger partial charge in [-0.25, -0.2) is 4.39 Å². The molecule has 0 saturated heterocycles. The van der Waals surface area contributed by atoms with Gasteiger partial charge in [0.2, 0.25) is 11.8 Å². The van der Waals surface area contributed by atoms with E-state index in [2.05, 4.69) is 5.32 Å². The van der Waals surface area contributed by atoms with Crippen LogP contribution in [0, 0.1) is 12.7 Å². The Kier molecular flexibility index (Phi) is 5.47. The topological polar surface area (TPSA) is 72.2 Å². The third-order valence-electron chi connectivity index (χ3n) is 3.91. The molecule has 0 aliphatic carbocycles. The van der Waals surface area contributed by atoms with E-state index in [9.17, 15) is 14.0 Å². The normalized spacial score (nSPS) is 10.9. The second-order valence-corrected chi connectivity index (χ2v) is 7.04. The van der Waals surface area contributed by atoms with Gasteiger partial charge in [0.05, 0.1) is 0 Å². The third-order valence-corrected chi connectivity index (χ3v) is 5.01. The smallest absolute Gasteiger partial charge is 0.248 e. The Morgan fingerprint density at radius 2 is 1.81 bits per heavy atom. The lowest BCUT2D eigenvalue weighted by atomic mass is 10.1. The monoisotopic (exact) mass is 380 g/mol. The zero-order valence-electron chi connectivity index (χ0n) is 14.5. The number of nitrogens with two attached hydrogens (primary N) is 1. The van der Waals surface area contributed by atoms with Crippen molar-refractivity contribution in [2.75, 3.05) is 5.32 Å². The van der Waals surface area contributed by atoms with Crippen LogP contribution >= 0.6 is 11.3 Å². The highest BCUT2D eigenvalue weighted by molar-refractivity contribution is 7.16. The molecule has 136 valence electrons. The molecule has 0 aliphatic rings. The molecule has 4 nitrogen and oxygen atoms in total. The SMILES string of the molecule is Cc1cc(NC(=O)/C=C/c2ccc(-c3ccc(F)cc3)s2)ccc1C(N)=O. The Morgan fingerprint density at radius 1 is 1.07 bits per heavy atom. The number of thiophene rings is 1. The molecule has 0 saturated carbocycles. The van der Waals surface area contributed by atoms with Crippen LogP contribution in [0.15, 0.2) is 60.7 Å². The van der Waals surface area contributed by atoms with Crippen LogP contribution in [0.3, 0.4) is 0 Å². The molecule has 1 heterocycles. The number of hydrogen-bond acceptors (Lipinski definition) is 3. The van der Waals surface area contributed by atoms with Crippen molar-refractivity contribution in [3.8, 4) is 10.4 Å². The van der Waals surface area contributed by atoms with Gasteiger partial charge in [-0.2, -0.15) is 0 Å². The standard InChI is InChI=1S/C21H17FN2O2S/c1-13-12-16(6-9-18(13)21(23)26)24-20(25)11-8-17-7-10-19(27-17)14-2-4-15(22)5-3-14/h2-12H,1H3,(H2,23,26)(H,24,25)/b11-8+. The van der Waals surface area contributed by atoms with E-state index in [0.717, 1.165) is 15.3 Å². The lowest BCUT2D eigenvalue weighted by Crippen LogP contribution is -2.13. The molecular formula is C21H17FN2O2S. The summed E-state index contributed by atoms with van der Waals surface area (Å²) in [7, 11) is 0. The Balaban J connectivity index is 1.66. The number of rotatable bonds is 5. The van der Waals surface area contributed by atoms with Crippen molar-refractivity contribution in [3.63, 3.8) is 0 Å². The molecule has 0 radical (unpaired) electrons. The number of benzene rings is 2. The van der Waals surface area contributed by atoms with Crippen LogP contribution in [0.5, 0.6) is 0 Å². The molecule has 3 aromatic rings. The van der Waals surface area contributed by atoms with Crippen molar-refractivity contribution in [1.29, 1.82) is 0 Å². The van der Waals surface area contributed by atoms with E-state index < -0.39 is 5.91 Å². The fourth-order valence-corrected chi connectivity index (χ4v) is 3.49. The maximum atomic E-state index is 13.0. The van der Waals surface area contributed by atoms with Gasteiger partial charge in [-0.3, -0.25) is 9.59 Å². The molecule has 0 spiro atoms.